The van der Waals surface area contributed by atoms with Crippen LogP contribution in [0.25, 0.3) is 0 Å². The van der Waals surface area contributed by atoms with Gasteiger partial charge in [-0.15, -0.1) is 0 Å². The molecular formula is C25H32N4O4. The van der Waals surface area contributed by atoms with Gasteiger partial charge in [0.05, 0.1) is 12.6 Å². The van der Waals surface area contributed by atoms with Crippen molar-refractivity contribution in [1.29, 1.82) is 0 Å². The van der Waals surface area contributed by atoms with Crippen molar-refractivity contribution in [3.63, 3.8) is 0 Å². The van der Waals surface area contributed by atoms with Crippen LogP contribution >= 0.6 is 0 Å². The molecule has 0 bridgehead atoms. The van der Waals surface area contributed by atoms with E-state index in [4.69, 9.17) is 4.74 Å². The Bertz CT molecular complexity index is 934. The van der Waals surface area contributed by atoms with E-state index in [9.17, 15) is 14.4 Å². The zero-order chi connectivity index (χ0) is 23.6. The van der Waals surface area contributed by atoms with Gasteiger partial charge in [0.2, 0.25) is 5.91 Å². The molecule has 8 heteroatoms. The molecule has 1 heterocycles. The summed E-state index contributed by atoms with van der Waals surface area (Å²) in [4.78, 5) is 38.6. The number of benzene rings is 2. The van der Waals surface area contributed by atoms with Gasteiger partial charge in [-0.3, -0.25) is 14.4 Å². The molecule has 0 saturated carbocycles. The number of rotatable bonds is 10. The topological polar surface area (TPSA) is 99.8 Å². The van der Waals surface area contributed by atoms with E-state index < -0.39 is 0 Å². The van der Waals surface area contributed by atoms with Crippen molar-refractivity contribution in [3.05, 3.63) is 59.7 Å². The van der Waals surface area contributed by atoms with Crippen LogP contribution in [-0.4, -0.2) is 61.5 Å². The summed E-state index contributed by atoms with van der Waals surface area (Å²) in [5.41, 5.74) is 2.51. The summed E-state index contributed by atoms with van der Waals surface area (Å²) in [6, 6.07) is 13.8. The highest BCUT2D eigenvalue weighted by Crippen LogP contribution is 2.14. The highest BCUT2D eigenvalue weighted by Gasteiger charge is 2.17. The zero-order valence-electron chi connectivity index (χ0n) is 19.2. The van der Waals surface area contributed by atoms with E-state index in [-0.39, 0.29) is 30.4 Å². The van der Waals surface area contributed by atoms with E-state index in [0.29, 0.717) is 36.4 Å². The normalized spacial score (nSPS) is 15.0. The van der Waals surface area contributed by atoms with Crippen molar-refractivity contribution in [2.75, 3.05) is 43.4 Å². The lowest BCUT2D eigenvalue weighted by Crippen LogP contribution is -2.31. The molecule has 1 aliphatic rings. The molecule has 1 aliphatic heterocycles. The smallest absolute Gasteiger partial charge is 0.253 e. The third-order valence-corrected chi connectivity index (χ3v) is 5.58. The van der Waals surface area contributed by atoms with Crippen molar-refractivity contribution in [2.45, 2.75) is 32.8 Å². The lowest BCUT2D eigenvalue weighted by atomic mass is 10.1. The number of ether oxygens (including phenoxy) is 1. The van der Waals surface area contributed by atoms with Gasteiger partial charge in [-0.2, -0.15) is 0 Å². The Morgan fingerprint density at radius 3 is 2.18 bits per heavy atom. The summed E-state index contributed by atoms with van der Waals surface area (Å²) >= 11 is 0. The molecule has 2 aromatic carbocycles. The second-order valence-corrected chi connectivity index (χ2v) is 7.88. The first-order valence-corrected chi connectivity index (χ1v) is 11.4. The maximum atomic E-state index is 12.4. The average molecular weight is 453 g/mol. The van der Waals surface area contributed by atoms with E-state index in [0.717, 1.165) is 25.1 Å². The standard InChI is InChI=1S/C25H32N4O4/c1-3-29(4-2)25(32)19-9-11-20(12-10-19)26-17-23(30)28-21-13-7-18(8-14-21)24(31)27-16-22-6-5-15-33-22/h7-14,22,26H,3-6,15-17H2,1-2H3,(H,27,31)(H,28,30). The second-order valence-electron chi connectivity index (χ2n) is 7.88. The van der Waals surface area contributed by atoms with Crippen molar-refractivity contribution in [1.82, 2.24) is 10.2 Å². The Morgan fingerprint density at radius 1 is 0.939 bits per heavy atom. The molecule has 2 aromatic rings. The molecule has 33 heavy (non-hydrogen) atoms. The minimum absolute atomic E-state index is 0.00621. The molecule has 0 aliphatic carbocycles. The summed E-state index contributed by atoms with van der Waals surface area (Å²) in [7, 11) is 0. The first kappa shape index (κ1) is 24.3. The third kappa shape index (κ3) is 7.05. The van der Waals surface area contributed by atoms with Crippen LogP contribution in [-0.2, 0) is 9.53 Å². The lowest BCUT2D eigenvalue weighted by molar-refractivity contribution is -0.114. The average Bonchev–Trinajstić information content (AvgIpc) is 3.36. The van der Waals surface area contributed by atoms with Gasteiger partial charge in [0.25, 0.3) is 11.8 Å². The van der Waals surface area contributed by atoms with Crippen LogP contribution in [0.5, 0.6) is 0 Å². The predicted octanol–water partition coefficient (Wildman–Crippen LogP) is 3.13. The number of hydrogen-bond donors (Lipinski definition) is 3. The molecule has 1 fully saturated rings. The van der Waals surface area contributed by atoms with Crippen molar-refractivity contribution in [2.24, 2.45) is 0 Å². The molecule has 3 N–H and O–H groups in total. The van der Waals surface area contributed by atoms with Gasteiger partial charge in [0, 0.05) is 48.7 Å². The Balaban J connectivity index is 1.43. The Hall–Kier alpha value is -3.39. The number of carbonyl (C=O) groups excluding carboxylic acids is 3. The maximum absolute atomic E-state index is 12.4. The van der Waals surface area contributed by atoms with Gasteiger partial charge in [0.15, 0.2) is 0 Å². The van der Waals surface area contributed by atoms with Crippen LogP contribution in [0, 0.1) is 0 Å². The van der Waals surface area contributed by atoms with Gasteiger partial charge in [-0.05, 0) is 75.2 Å². The molecule has 1 unspecified atom stereocenters. The molecule has 1 atom stereocenters. The van der Waals surface area contributed by atoms with Gasteiger partial charge < -0.3 is 25.6 Å². The first-order chi connectivity index (χ1) is 16.0. The molecule has 0 spiro atoms. The lowest BCUT2D eigenvalue weighted by Gasteiger charge is -2.18. The number of carbonyl (C=O) groups is 3. The number of anilines is 2. The molecule has 0 aromatic heterocycles. The van der Waals surface area contributed by atoms with E-state index in [1.54, 1.807) is 53.4 Å². The number of nitrogens with zero attached hydrogens (tertiary/aromatic N) is 1. The van der Waals surface area contributed by atoms with Crippen LogP contribution in [0.3, 0.4) is 0 Å². The summed E-state index contributed by atoms with van der Waals surface area (Å²) in [5, 5.41) is 8.73. The van der Waals surface area contributed by atoms with Crippen molar-refractivity contribution >= 4 is 29.1 Å². The van der Waals surface area contributed by atoms with Gasteiger partial charge >= 0.3 is 0 Å². The first-order valence-electron chi connectivity index (χ1n) is 11.4. The van der Waals surface area contributed by atoms with Gasteiger partial charge in [-0.1, -0.05) is 0 Å². The fourth-order valence-electron chi connectivity index (χ4n) is 3.63. The Morgan fingerprint density at radius 2 is 1.58 bits per heavy atom. The summed E-state index contributed by atoms with van der Waals surface area (Å²) in [6.45, 7) is 6.56. The molecule has 8 nitrogen and oxygen atoms in total. The van der Waals surface area contributed by atoms with E-state index in [1.165, 1.54) is 0 Å². The number of hydrogen-bond acceptors (Lipinski definition) is 5. The van der Waals surface area contributed by atoms with Crippen LogP contribution in [0.2, 0.25) is 0 Å². The van der Waals surface area contributed by atoms with E-state index >= 15 is 0 Å². The highest BCUT2D eigenvalue weighted by atomic mass is 16.5. The molecule has 3 amide bonds. The second kappa shape index (κ2) is 12.0. The molecule has 176 valence electrons. The SMILES string of the molecule is CCN(CC)C(=O)c1ccc(NCC(=O)Nc2ccc(C(=O)NCC3CCCO3)cc2)cc1. The fraction of sp³-hybridized carbons (Fsp3) is 0.400. The maximum Gasteiger partial charge on any atom is 0.253 e. The monoisotopic (exact) mass is 452 g/mol. The van der Waals surface area contributed by atoms with Crippen LogP contribution in [0.4, 0.5) is 11.4 Å². The largest absolute Gasteiger partial charge is 0.376 e. The highest BCUT2D eigenvalue weighted by molar-refractivity contribution is 5.97. The predicted molar refractivity (Wildman–Crippen MR) is 129 cm³/mol. The minimum atomic E-state index is -0.214. The fourth-order valence-corrected chi connectivity index (χ4v) is 3.63. The number of amides is 3. The van der Waals surface area contributed by atoms with Crippen molar-refractivity contribution < 1.29 is 19.1 Å². The summed E-state index contributed by atoms with van der Waals surface area (Å²) < 4.78 is 5.51. The molecular weight excluding hydrogens is 420 g/mol. The Labute approximate surface area is 194 Å². The summed E-state index contributed by atoms with van der Waals surface area (Å²) in [5.74, 6) is -0.380. The number of nitrogens with one attached hydrogen (secondary N) is 3. The quantitative estimate of drug-likeness (QED) is 0.514. The summed E-state index contributed by atoms with van der Waals surface area (Å²) in [6.07, 6.45) is 2.10. The van der Waals surface area contributed by atoms with Gasteiger partial charge in [0.1, 0.15) is 0 Å². The van der Waals surface area contributed by atoms with Crippen LogP contribution in [0.15, 0.2) is 48.5 Å². The van der Waals surface area contributed by atoms with E-state index in [2.05, 4.69) is 16.0 Å². The molecule has 1 saturated heterocycles. The van der Waals surface area contributed by atoms with E-state index in [1.807, 2.05) is 13.8 Å². The minimum Gasteiger partial charge on any atom is -0.376 e. The molecule has 0 radical (unpaired) electrons. The third-order valence-electron chi connectivity index (χ3n) is 5.58. The zero-order valence-corrected chi connectivity index (χ0v) is 19.2. The molecule has 3 rings (SSSR count). The van der Waals surface area contributed by atoms with Crippen LogP contribution in [0.1, 0.15) is 47.4 Å². The Kier molecular flexibility index (Phi) is 8.83. The van der Waals surface area contributed by atoms with Gasteiger partial charge in [-0.25, -0.2) is 0 Å². The van der Waals surface area contributed by atoms with Crippen LogP contribution < -0.4 is 16.0 Å². The van der Waals surface area contributed by atoms with Crippen molar-refractivity contribution in [3.8, 4) is 0 Å².